The molecule has 0 spiro atoms. The molecule has 2 unspecified atom stereocenters. The van der Waals surface area contributed by atoms with Crippen molar-refractivity contribution >= 4 is 48.8 Å². The van der Waals surface area contributed by atoms with Gasteiger partial charge in [-0.1, -0.05) is 11.6 Å². The Labute approximate surface area is 158 Å². The van der Waals surface area contributed by atoms with Crippen molar-refractivity contribution in [2.45, 2.75) is 31.0 Å². The maximum atomic E-state index is 13.1. The van der Waals surface area contributed by atoms with Gasteiger partial charge in [0.15, 0.2) is 4.96 Å². The number of halogens is 1. The zero-order chi connectivity index (χ0) is 18.6. The van der Waals surface area contributed by atoms with E-state index < -0.39 is 15.6 Å². The Morgan fingerprint density at radius 3 is 2.65 bits per heavy atom. The van der Waals surface area contributed by atoms with Crippen LogP contribution in [0.3, 0.4) is 0 Å². The normalized spacial score (nSPS) is 22.3. The monoisotopic (exact) mass is 413 g/mol. The number of hydrogen-bond donors (Lipinski definition) is 0. The highest BCUT2D eigenvalue weighted by atomic mass is 35.5. The van der Waals surface area contributed by atoms with Gasteiger partial charge in [0.05, 0.1) is 28.1 Å². The van der Waals surface area contributed by atoms with Crippen molar-refractivity contribution in [3.8, 4) is 0 Å². The number of aromatic nitrogens is 2. The maximum Gasteiger partial charge on any atom is 0.281 e. The number of fused-ring (bicyclic) bond motifs is 3. The molecule has 0 saturated carbocycles. The van der Waals surface area contributed by atoms with Crippen molar-refractivity contribution in [3.63, 3.8) is 0 Å². The second-order valence-corrected chi connectivity index (χ2v) is 9.54. The highest BCUT2D eigenvalue weighted by molar-refractivity contribution is 7.89. The molecule has 1 fully saturated rings. The van der Waals surface area contributed by atoms with Gasteiger partial charge in [0.25, 0.3) is 5.56 Å². The van der Waals surface area contributed by atoms with E-state index in [0.29, 0.717) is 10.5 Å². The average Bonchev–Trinajstić information content (AvgIpc) is 3.01. The summed E-state index contributed by atoms with van der Waals surface area (Å²) >= 11 is 7.65. The van der Waals surface area contributed by atoms with Crippen LogP contribution in [-0.4, -0.2) is 47.4 Å². The molecule has 0 radical (unpaired) electrons. The van der Waals surface area contributed by atoms with E-state index in [0.717, 1.165) is 0 Å². The van der Waals surface area contributed by atoms with E-state index in [4.69, 9.17) is 16.3 Å². The van der Waals surface area contributed by atoms with E-state index in [2.05, 4.69) is 4.98 Å². The highest BCUT2D eigenvalue weighted by Gasteiger charge is 2.34. The van der Waals surface area contributed by atoms with Crippen molar-refractivity contribution in [1.29, 1.82) is 0 Å². The van der Waals surface area contributed by atoms with Crippen molar-refractivity contribution in [2.75, 3.05) is 13.1 Å². The van der Waals surface area contributed by atoms with Crippen LogP contribution in [0.4, 0.5) is 0 Å². The topological polar surface area (TPSA) is 81.0 Å². The quantitative estimate of drug-likeness (QED) is 0.644. The van der Waals surface area contributed by atoms with Gasteiger partial charge < -0.3 is 4.74 Å². The third-order valence-corrected chi connectivity index (χ3v) is 7.38. The van der Waals surface area contributed by atoms with Crippen LogP contribution in [0.25, 0.3) is 15.9 Å². The van der Waals surface area contributed by atoms with Crippen LogP contribution < -0.4 is 5.56 Å². The summed E-state index contributed by atoms with van der Waals surface area (Å²) in [7, 11) is -3.86. The maximum absolute atomic E-state index is 13.1. The average molecular weight is 414 g/mol. The molecule has 0 bridgehead atoms. The number of rotatable bonds is 2. The Bertz CT molecular complexity index is 1160. The molecule has 26 heavy (non-hydrogen) atoms. The van der Waals surface area contributed by atoms with Crippen LogP contribution in [0.15, 0.2) is 33.4 Å². The number of morpholine rings is 1. The van der Waals surface area contributed by atoms with E-state index in [1.807, 2.05) is 13.8 Å². The smallest absolute Gasteiger partial charge is 0.281 e. The molecule has 0 aliphatic carbocycles. The van der Waals surface area contributed by atoms with Gasteiger partial charge in [0, 0.05) is 24.7 Å². The van der Waals surface area contributed by atoms with E-state index in [1.165, 1.54) is 27.8 Å². The van der Waals surface area contributed by atoms with E-state index in [1.54, 1.807) is 16.0 Å². The Balaban J connectivity index is 1.91. The predicted molar refractivity (Wildman–Crippen MR) is 101 cm³/mol. The third-order valence-electron chi connectivity index (χ3n) is 4.33. The summed E-state index contributed by atoms with van der Waals surface area (Å²) in [6.45, 7) is 4.12. The van der Waals surface area contributed by atoms with Gasteiger partial charge in [-0.2, -0.15) is 9.29 Å². The molecule has 7 nitrogen and oxygen atoms in total. The van der Waals surface area contributed by atoms with Crippen LogP contribution in [-0.2, 0) is 14.8 Å². The molecular formula is C16H16ClN3O4S2. The lowest BCUT2D eigenvalue weighted by Gasteiger charge is -2.34. The van der Waals surface area contributed by atoms with Crippen LogP contribution >= 0.6 is 22.9 Å². The SMILES string of the molecule is CC1CN(S(=O)(=O)c2cc3c(=O)nc4sccn4c3cc2Cl)CC(C)O1. The minimum atomic E-state index is -3.86. The fraction of sp³-hybridized carbons (Fsp3) is 0.375. The van der Waals surface area contributed by atoms with Gasteiger partial charge in [0.1, 0.15) is 4.90 Å². The lowest BCUT2D eigenvalue weighted by molar-refractivity contribution is -0.0440. The summed E-state index contributed by atoms with van der Waals surface area (Å²) in [4.78, 5) is 16.8. The van der Waals surface area contributed by atoms with Gasteiger partial charge in [-0.05, 0) is 26.0 Å². The van der Waals surface area contributed by atoms with Crippen LogP contribution in [0.2, 0.25) is 5.02 Å². The summed E-state index contributed by atoms with van der Waals surface area (Å²) in [5.74, 6) is 0. The van der Waals surface area contributed by atoms with Crippen LogP contribution in [0.1, 0.15) is 13.8 Å². The Morgan fingerprint density at radius 2 is 1.96 bits per heavy atom. The molecule has 2 aromatic heterocycles. The number of sulfonamides is 1. The van der Waals surface area contributed by atoms with Crippen molar-refractivity contribution < 1.29 is 13.2 Å². The summed E-state index contributed by atoms with van der Waals surface area (Å²) in [6.07, 6.45) is 1.33. The summed E-state index contributed by atoms with van der Waals surface area (Å²) in [6, 6.07) is 2.84. The van der Waals surface area contributed by atoms with Crippen molar-refractivity contribution in [3.05, 3.63) is 39.1 Å². The fourth-order valence-electron chi connectivity index (χ4n) is 3.26. The largest absolute Gasteiger partial charge is 0.373 e. The standard InChI is InChI=1S/C16H16ClN3O4S2/c1-9-7-19(8-10(2)24-9)26(22,23)14-5-11-13(6-12(14)17)20-3-4-25-16(20)18-15(11)21/h3-6,9-10H,7-8H2,1-2H3. The molecule has 3 aromatic rings. The molecule has 138 valence electrons. The number of thiazole rings is 1. The Morgan fingerprint density at radius 1 is 1.27 bits per heavy atom. The first-order chi connectivity index (χ1) is 12.3. The molecule has 0 amide bonds. The van der Waals surface area contributed by atoms with Crippen molar-refractivity contribution in [1.82, 2.24) is 13.7 Å². The summed E-state index contributed by atoms with van der Waals surface area (Å²) < 4.78 is 34.9. The van der Waals surface area contributed by atoms with E-state index in [9.17, 15) is 13.2 Å². The first-order valence-electron chi connectivity index (χ1n) is 8.02. The lowest BCUT2D eigenvalue weighted by atomic mass is 10.2. The molecule has 0 N–H and O–H groups in total. The molecule has 1 saturated heterocycles. The third kappa shape index (κ3) is 2.84. The van der Waals surface area contributed by atoms with Crippen LogP contribution in [0, 0.1) is 0 Å². The second kappa shape index (κ2) is 6.28. The molecule has 3 heterocycles. The van der Waals surface area contributed by atoms with Gasteiger partial charge in [-0.25, -0.2) is 8.42 Å². The van der Waals surface area contributed by atoms with Gasteiger partial charge in [-0.3, -0.25) is 9.20 Å². The molecule has 4 rings (SSSR count). The zero-order valence-corrected chi connectivity index (χ0v) is 16.4. The van der Waals surface area contributed by atoms with Crippen LogP contribution in [0.5, 0.6) is 0 Å². The minimum absolute atomic E-state index is 0.0786. The molecule has 1 aliphatic rings. The summed E-state index contributed by atoms with van der Waals surface area (Å²) in [5.41, 5.74) is 0.0631. The number of nitrogens with zero attached hydrogens (tertiary/aromatic N) is 3. The highest BCUT2D eigenvalue weighted by Crippen LogP contribution is 2.30. The number of hydrogen-bond acceptors (Lipinski definition) is 6. The van der Waals surface area contributed by atoms with Gasteiger partial charge in [-0.15, -0.1) is 11.3 Å². The number of benzene rings is 1. The molecule has 10 heteroatoms. The Hall–Kier alpha value is -1.52. The number of ether oxygens (including phenoxy) is 1. The lowest BCUT2D eigenvalue weighted by Crippen LogP contribution is -2.48. The molecule has 1 aliphatic heterocycles. The molecule has 2 atom stereocenters. The van der Waals surface area contributed by atoms with Crippen molar-refractivity contribution in [2.24, 2.45) is 0 Å². The van der Waals surface area contributed by atoms with E-state index in [-0.39, 0.29) is 40.6 Å². The van der Waals surface area contributed by atoms with E-state index >= 15 is 0 Å². The second-order valence-electron chi connectivity index (χ2n) is 6.35. The molecule has 1 aromatic carbocycles. The zero-order valence-electron chi connectivity index (χ0n) is 14.0. The van der Waals surface area contributed by atoms with Gasteiger partial charge >= 0.3 is 0 Å². The Kier molecular flexibility index (Phi) is 4.31. The fourth-order valence-corrected chi connectivity index (χ4v) is 6.09. The molecular weight excluding hydrogens is 398 g/mol. The first kappa shape index (κ1) is 17.9. The minimum Gasteiger partial charge on any atom is -0.373 e. The predicted octanol–water partition coefficient (Wildman–Crippen LogP) is 2.36. The summed E-state index contributed by atoms with van der Waals surface area (Å²) in [5, 5.41) is 2.10. The van der Waals surface area contributed by atoms with Gasteiger partial charge in [0.2, 0.25) is 10.0 Å². The first-order valence-corrected chi connectivity index (χ1v) is 10.7.